The van der Waals surface area contributed by atoms with Gasteiger partial charge in [-0.15, -0.1) is 10.1 Å². The van der Waals surface area contributed by atoms with Gasteiger partial charge in [0.2, 0.25) is 0 Å². The molecule has 0 aliphatic rings. The van der Waals surface area contributed by atoms with Gasteiger partial charge in [0.25, 0.3) is 5.09 Å². The minimum Gasteiger partial charge on any atom is -1.00 e. The van der Waals surface area contributed by atoms with Crippen molar-refractivity contribution in [1.82, 2.24) is 4.90 Å². The molecule has 8 nitrogen and oxygen atoms in total. The smallest absolute Gasteiger partial charge is 1.00 e. The minimum absolute atomic E-state index is 0. The molecule has 0 rings (SSSR count). The normalized spacial score (nSPS) is 9.38. The first kappa shape index (κ1) is 23.0. The molecule has 0 saturated heterocycles. The molecular weight excluding hydrogens is 199 g/mol. The first-order valence-electron chi connectivity index (χ1n) is 2.42. The fourth-order valence-electron chi connectivity index (χ4n) is 0. The summed E-state index contributed by atoms with van der Waals surface area (Å²) in [5, 5.41) is 13.6. The molecule has 0 aromatic rings. The summed E-state index contributed by atoms with van der Waals surface area (Å²) in [7, 11) is 6.00. The summed E-state index contributed by atoms with van der Waals surface area (Å²) in [6, 6.07) is 0. The maximum atomic E-state index is 8.56. The van der Waals surface area contributed by atoms with Gasteiger partial charge in [0, 0.05) is 0 Å². The number of hydrogen-bond donors (Lipinski definition) is 2. The van der Waals surface area contributed by atoms with Crippen molar-refractivity contribution in [3.8, 4) is 0 Å². The number of hydrogen-bond acceptors (Lipinski definition) is 5. The molecular formula is C3H12LiN2O6S-. The molecule has 0 radical (unpaired) electrons. The van der Waals surface area contributed by atoms with E-state index in [0.717, 1.165) is 0 Å². The minimum atomic E-state index is -2.86. The Labute approximate surface area is 91.8 Å². The quantitative estimate of drug-likeness (QED) is 0.182. The molecule has 13 heavy (non-hydrogen) atoms. The van der Waals surface area contributed by atoms with E-state index in [9.17, 15) is 0 Å². The van der Waals surface area contributed by atoms with Crippen molar-refractivity contribution in [2.45, 2.75) is 0 Å². The molecule has 0 fully saturated rings. The second-order valence-electron chi connectivity index (χ2n) is 1.80. The average Bonchev–Trinajstić information content (AvgIpc) is 1.54. The molecule has 0 bridgehead atoms. The summed E-state index contributed by atoms with van der Waals surface area (Å²) in [6.45, 7) is 0. The van der Waals surface area contributed by atoms with Crippen molar-refractivity contribution in [2.75, 3.05) is 21.1 Å². The molecule has 1 atom stereocenters. The molecule has 0 aliphatic heterocycles. The molecule has 0 aromatic carbocycles. The third-order valence-electron chi connectivity index (χ3n) is 0. The van der Waals surface area contributed by atoms with Gasteiger partial charge in [-0.2, -0.15) is 0 Å². The fourth-order valence-corrected chi connectivity index (χ4v) is 0. The Morgan fingerprint density at radius 1 is 1.46 bits per heavy atom. The van der Waals surface area contributed by atoms with Crippen LogP contribution in [-0.4, -0.2) is 49.7 Å². The Balaban J connectivity index is -0.0000000270. The summed E-state index contributed by atoms with van der Waals surface area (Å²) in [4.78, 5) is 10.4. The van der Waals surface area contributed by atoms with Crippen LogP contribution in [0.4, 0.5) is 0 Å². The van der Waals surface area contributed by atoms with E-state index in [2.05, 4.69) is 0 Å². The van der Waals surface area contributed by atoms with Gasteiger partial charge in [0.15, 0.2) is 0 Å². The van der Waals surface area contributed by atoms with Crippen LogP contribution in [0, 0.1) is 10.1 Å². The Morgan fingerprint density at radius 2 is 1.46 bits per heavy atom. The third kappa shape index (κ3) is 38300. The maximum Gasteiger partial charge on any atom is 1.00 e. The van der Waals surface area contributed by atoms with E-state index in [1.54, 1.807) is 0 Å². The van der Waals surface area contributed by atoms with Crippen LogP contribution in [0.15, 0.2) is 0 Å². The Morgan fingerprint density at radius 3 is 1.46 bits per heavy atom. The summed E-state index contributed by atoms with van der Waals surface area (Å²) < 4.78 is 24.1. The predicted octanol–water partition coefficient (Wildman–Crippen LogP) is -3.71. The van der Waals surface area contributed by atoms with E-state index in [4.69, 9.17) is 28.6 Å². The Hall–Kier alpha value is -0.173. The maximum absolute atomic E-state index is 8.56. The van der Waals surface area contributed by atoms with Crippen molar-refractivity contribution in [3.05, 3.63) is 10.1 Å². The zero-order valence-electron chi connectivity index (χ0n) is 8.83. The van der Waals surface area contributed by atoms with Gasteiger partial charge >= 0.3 is 18.9 Å². The second kappa shape index (κ2) is 17.8. The average molecular weight is 211 g/mol. The Bertz CT molecular complexity index is 115. The van der Waals surface area contributed by atoms with Crippen LogP contribution in [-0.2, 0) is 11.4 Å². The predicted molar refractivity (Wildman–Crippen MR) is 41.1 cm³/mol. The van der Waals surface area contributed by atoms with Crippen LogP contribution < -0.4 is 18.9 Å². The van der Waals surface area contributed by atoms with Crippen molar-refractivity contribution >= 4 is 11.4 Å². The number of nitrogens with zero attached hydrogens (tertiary/aromatic N) is 2. The number of rotatable bonds is 0. The van der Waals surface area contributed by atoms with E-state index < -0.39 is 16.4 Å². The SMILES string of the molecule is CN(C)C.O=S([O-])O.O=[N+]([O-])O.[H-].[Li+]. The molecule has 10 heteroatoms. The van der Waals surface area contributed by atoms with Gasteiger partial charge in [0.1, 0.15) is 0 Å². The largest absolute Gasteiger partial charge is 1.00 e. The molecule has 0 aliphatic carbocycles. The van der Waals surface area contributed by atoms with Crippen LogP contribution in [0.25, 0.3) is 0 Å². The molecule has 0 heterocycles. The monoisotopic (exact) mass is 211 g/mol. The van der Waals surface area contributed by atoms with Gasteiger partial charge in [-0.25, -0.2) is 4.21 Å². The van der Waals surface area contributed by atoms with Crippen LogP contribution >= 0.6 is 0 Å². The third-order valence-corrected chi connectivity index (χ3v) is 0. The van der Waals surface area contributed by atoms with Gasteiger partial charge in [-0.1, -0.05) is 0 Å². The van der Waals surface area contributed by atoms with Gasteiger partial charge < -0.3 is 20.6 Å². The zero-order chi connectivity index (χ0) is 10.7. The molecule has 0 spiro atoms. The van der Waals surface area contributed by atoms with Crippen molar-refractivity contribution in [1.29, 1.82) is 0 Å². The van der Waals surface area contributed by atoms with E-state index >= 15 is 0 Å². The van der Waals surface area contributed by atoms with Crippen molar-refractivity contribution in [2.24, 2.45) is 0 Å². The molecule has 78 valence electrons. The summed E-state index contributed by atoms with van der Waals surface area (Å²) in [5.74, 6) is 0. The standard InChI is InChI=1S/C3H9N.Li.HNO3.H2O3S.H/c1-4(2)3;;2-1(3)4;1-4(2)3;/h1-3H3;;(H,2,3,4);(H2,1,2,3);/q;+1;;;-1/p-1. The van der Waals surface area contributed by atoms with E-state index in [0.29, 0.717) is 0 Å². The summed E-state index contributed by atoms with van der Waals surface area (Å²) in [5.41, 5.74) is 0. The molecule has 0 aromatic heterocycles. The van der Waals surface area contributed by atoms with Crippen LogP contribution in [0.1, 0.15) is 1.43 Å². The second-order valence-corrected chi connectivity index (χ2v) is 2.23. The zero-order valence-corrected chi connectivity index (χ0v) is 8.65. The first-order chi connectivity index (χ1) is 5.20. The van der Waals surface area contributed by atoms with E-state index in [-0.39, 0.29) is 20.3 Å². The topological polar surface area (TPSA) is 127 Å². The molecule has 1 unspecified atom stereocenters. The first-order valence-corrected chi connectivity index (χ1v) is 3.45. The summed E-state index contributed by atoms with van der Waals surface area (Å²) >= 11 is -2.86. The van der Waals surface area contributed by atoms with Gasteiger partial charge in [-0.05, 0) is 21.1 Å². The molecule has 0 saturated carbocycles. The van der Waals surface area contributed by atoms with Gasteiger partial charge in [-0.3, -0.25) is 0 Å². The molecule has 2 N–H and O–H groups in total. The molecule has 0 amide bonds. The van der Waals surface area contributed by atoms with E-state index in [1.807, 2.05) is 26.0 Å². The summed E-state index contributed by atoms with van der Waals surface area (Å²) in [6.07, 6.45) is 0. The van der Waals surface area contributed by atoms with Crippen molar-refractivity contribution in [3.63, 3.8) is 0 Å². The van der Waals surface area contributed by atoms with Gasteiger partial charge in [0.05, 0.1) is 11.4 Å². The Kier molecular flexibility index (Phi) is 31.5. The van der Waals surface area contributed by atoms with Crippen LogP contribution in [0.3, 0.4) is 0 Å². The van der Waals surface area contributed by atoms with E-state index in [1.165, 1.54) is 0 Å². The van der Waals surface area contributed by atoms with Crippen LogP contribution in [0.5, 0.6) is 0 Å². The van der Waals surface area contributed by atoms with Crippen molar-refractivity contribution < 1.29 is 43.9 Å². The van der Waals surface area contributed by atoms with Crippen LogP contribution in [0.2, 0.25) is 0 Å². The fraction of sp³-hybridized carbons (Fsp3) is 1.00.